The number of amides is 1. The molecule has 6 heteroatoms. The Morgan fingerprint density at radius 3 is 2.55 bits per heavy atom. The minimum Gasteiger partial charge on any atom is -0.444 e. The number of carbonyl (C=O) groups is 1. The third-order valence-corrected chi connectivity index (χ3v) is 3.29. The van der Waals surface area contributed by atoms with Crippen LogP contribution in [0.15, 0.2) is 18.2 Å². The number of halogens is 2. The van der Waals surface area contributed by atoms with Crippen molar-refractivity contribution in [1.29, 1.82) is 0 Å². The highest BCUT2D eigenvalue weighted by atomic mass is 19.2. The summed E-state index contributed by atoms with van der Waals surface area (Å²) in [5.74, 6) is -1.74. The zero-order chi connectivity index (χ0) is 16.3. The summed E-state index contributed by atoms with van der Waals surface area (Å²) in [4.78, 5) is 11.6. The normalized spacial score (nSPS) is 21.1. The molecule has 2 rings (SSSR count). The van der Waals surface area contributed by atoms with Crippen molar-refractivity contribution in [2.45, 2.75) is 58.0 Å². The van der Waals surface area contributed by atoms with E-state index in [9.17, 15) is 13.6 Å². The van der Waals surface area contributed by atoms with Crippen LogP contribution in [0.5, 0.6) is 0 Å². The van der Waals surface area contributed by atoms with Gasteiger partial charge >= 0.3 is 6.09 Å². The van der Waals surface area contributed by atoms with Crippen molar-refractivity contribution in [2.24, 2.45) is 0 Å². The van der Waals surface area contributed by atoms with Crippen molar-refractivity contribution in [3.63, 3.8) is 0 Å². The summed E-state index contributed by atoms with van der Waals surface area (Å²) in [6.45, 7) is 5.64. The van der Waals surface area contributed by atoms with Gasteiger partial charge < -0.3 is 14.8 Å². The molecule has 1 aliphatic carbocycles. The second-order valence-corrected chi connectivity index (χ2v) is 6.50. The zero-order valence-electron chi connectivity index (χ0n) is 13.0. The van der Waals surface area contributed by atoms with E-state index >= 15 is 0 Å². The van der Waals surface area contributed by atoms with Crippen LogP contribution >= 0.6 is 0 Å². The number of ether oxygens (including phenoxy) is 2. The molecule has 0 heterocycles. The largest absolute Gasteiger partial charge is 0.444 e. The Bertz CT molecular complexity index is 537. The van der Waals surface area contributed by atoms with Gasteiger partial charge in [0.25, 0.3) is 0 Å². The van der Waals surface area contributed by atoms with Gasteiger partial charge in [-0.15, -0.1) is 0 Å². The van der Waals surface area contributed by atoms with Gasteiger partial charge in [-0.25, -0.2) is 13.6 Å². The van der Waals surface area contributed by atoms with E-state index in [1.165, 1.54) is 6.07 Å². The Balaban J connectivity index is 1.67. The molecule has 0 aromatic heterocycles. The van der Waals surface area contributed by atoms with Crippen LogP contribution < -0.4 is 5.32 Å². The first kappa shape index (κ1) is 16.7. The SMILES string of the molecule is CC(C)(C)OC(=O)N[C@H]1C[C@H](OCc2ccc(F)c(F)c2)C1. The van der Waals surface area contributed by atoms with Gasteiger partial charge in [0, 0.05) is 6.04 Å². The van der Waals surface area contributed by atoms with E-state index < -0.39 is 23.3 Å². The molecule has 0 aliphatic heterocycles. The fraction of sp³-hybridized carbons (Fsp3) is 0.562. The van der Waals surface area contributed by atoms with Crippen molar-refractivity contribution < 1.29 is 23.0 Å². The molecule has 4 nitrogen and oxygen atoms in total. The molecule has 1 amide bonds. The summed E-state index contributed by atoms with van der Waals surface area (Å²) in [5.41, 5.74) is 0.0681. The van der Waals surface area contributed by atoms with Gasteiger partial charge in [-0.05, 0) is 51.3 Å². The topological polar surface area (TPSA) is 47.6 Å². The highest BCUT2D eigenvalue weighted by Gasteiger charge is 2.32. The molecule has 0 spiro atoms. The zero-order valence-corrected chi connectivity index (χ0v) is 13.0. The first-order valence-electron chi connectivity index (χ1n) is 7.28. The number of rotatable bonds is 4. The Hall–Kier alpha value is -1.69. The van der Waals surface area contributed by atoms with Gasteiger partial charge in [-0.3, -0.25) is 0 Å². The summed E-state index contributed by atoms with van der Waals surface area (Å²) in [6, 6.07) is 3.74. The summed E-state index contributed by atoms with van der Waals surface area (Å²) < 4.78 is 36.6. The Morgan fingerprint density at radius 2 is 1.95 bits per heavy atom. The second kappa shape index (κ2) is 6.60. The number of hydrogen-bond donors (Lipinski definition) is 1. The average Bonchev–Trinajstić information content (AvgIpc) is 2.33. The lowest BCUT2D eigenvalue weighted by atomic mass is 9.89. The summed E-state index contributed by atoms with van der Waals surface area (Å²) >= 11 is 0. The summed E-state index contributed by atoms with van der Waals surface area (Å²) in [7, 11) is 0. The van der Waals surface area contributed by atoms with Crippen molar-refractivity contribution in [3.8, 4) is 0 Å². The maximum Gasteiger partial charge on any atom is 0.407 e. The molecular weight excluding hydrogens is 292 g/mol. The van der Waals surface area contributed by atoms with Crippen LogP contribution in [0.2, 0.25) is 0 Å². The monoisotopic (exact) mass is 313 g/mol. The highest BCUT2D eigenvalue weighted by molar-refractivity contribution is 5.68. The lowest BCUT2D eigenvalue weighted by Crippen LogP contribution is -2.49. The van der Waals surface area contributed by atoms with Gasteiger partial charge in [0.15, 0.2) is 11.6 Å². The Morgan fingerprint density at radius 1 is 1.27 bits per heavy atom. The molecule has 1 aliphatic rings. The minimum absolute atomic E-state index is 0.00745. The van der Waals surface area contributed by atoms with E-state index in [2.05, 4.69) is 5.32 Å². The number of nitrogens with one attached hydrogen (secondary N) is 1. The van der Waals surface area contributed by atoms with Crippen LogP contribution in [0.3, 0.4) is 0 Å². The lowest BCUT2D eigenvalue weighted by molar-refractivity contribution is -0.0291. The number of hydrogen-bond acceptors (Lipinski definition) is 3. The highest BCUT2D eigenvalue weighted by Crippen LogP contribution is 2.25. The van der Waals surface area contributed by atoms with E-state index in [0.29, 0.717) is 18.4 Å². The van der Waals surface area contributed by atoms with Gasteiger partial charge in [-0.2, -0.15) is 0 Å². The molecule has 1 aromatic rings. The maximum absolute atomic E-state index is 13.0. The predicted molar refractivity (Wildman–Crippen MR) is 77.3 cm³/mol. The molecule has 1 aromatic carbocycles. The van der Waals surface area contributed by atoms with Crippen LogP contribution in [0.4, 0.5) is 13.6 Å². The van der Waals surface area contributed by atoms with E-state index in [1.807, 2.05) is 0 Å². The standard InChI is InChI=1S/C16H21F2NO3/c1-16(2,3)22-15(20)19-11-7-12(8-11)21-9-10-4-5-13(17)14(18)6-10/h4-6,11-12H,7-9H2,1-3H3,(H,19,20)/t11-,12-. The third kappa shape index (κ3) is 4.94. The van der Waals surface area contributed by atoms with Crippen LogP contribution in [-0.4, -0.2) is 23.8 Å². The molecule has 0 unspecified atom stereocenters. The number of alkyl carbamates (subject to hydrolysis) is 1. The molecular formula is C16H21F2NO3. The van der Waals surface area contributed by atoms with Crippen molar-refractivity contribution >= 4 is 6.09 Å². The Kier molecular flexibility index (Phi) is 5.01. The van der Waals surface area contributed by atoms with Crippen LogP contribution in [0, 0.1) is 11.6 Å². The van der Waals surface area contributed by atoms with Crippen LogP contribution in [-0.2, 0) is 16.1 Å². The molecule has 1 N–H and O–H groups in total. The quantitative estimate of drug-likeness (QED) is 0.925. The molecule has 1 saturated carbocycles. The molecule has 0 atom stereocenters. The molecule has 1 fully saturated rings. The predicted octanol–water partition coefficient (Wildman–Crippen LogP) is 3.54. The van der Waals surface area contributed by atoms with E-state index in [1.54, 1.807) is 20.8 Å². The van der Waals surface area contributed by atoms with Crippen molar-refractivity contribution in [1.82, 2.24) is 5.32 Å². The summed E-state index contributed by atoms with van der Waals surface area (Å²) in [6.07, 6.45) is 0.941. The van der Waals surface area contributed by atoms with Crippen LogP contribution in [0.1, 0.15) is 39.2 Å². The van der Waals surface area contributed by atoms with E-state index in [4.69, 9.17) is 9.47 Å². The molecule has 0 bridgehead atoms. The summed E-state index contributed by atoms with van der Waals surface area (Å²) in [5, 5.41) is 2.77. The van der Waals surface area contributed by atoms with Gasteiger partial charge in [0.1, 0.15) is 5.60 Å². The molecule has 0 saturated heterocycles. The van der Waals surface area contributed by atoms with E-state index in [0.717, 1.165) is 12.1 Å². The van der Waals surface area contributed by atoms with Crippen molar-refractivity contribution in [3.05, 3.63) is 35.4 Å². The fourth-order valence-electron chi connectivity index (χ4n) is 2.14. The number of carbonyl (C=O) groups excluding carboxylic acids is 1. The van der Waals surface area contributed by atoms with Gasteiger partial charge in [-0.1, -0.05) is 6.07 Å². The average molecular weight is 313 g/mol. The molecule has 0 radical (unpaired) electrons. The van der Waals surface area contributed by atoms with Crippen molar-refractivity contribution in [2.75, 3.05) is 0 Å². The van der Waals surface area contributed by atoms with E-state index in [-0.39, 0.29) is 18.8 Å². The van der Waals surface area contributed by atoms with Gasteiger partial charge in [0.05, 0.1) is 12.7 Å². The fourth-order valence-corrected chi connectivity index (χ4v) is 2.14. The van der Waals surface area contributed by atoms with Crippen LogP contribution in [0.25, 0.3) is 0 Å². The Labute approximate surface area is 128 Å². The lowest BCUT2D eigenvalue weighted by Gasteiger charge is -2.36. The first-order chi connectivity index (χ1) is 10.2. The van der Waals surface area contributed by atoms with Gasteiger partial charge in [0.2, 0.25) is 0 Å². The molecule has 122 valence electrons. The second-order valence-electron chi connectivity index (χ2n) is 6.50. The molecule has 22 heavy (non-hydrogen) atoms. The maximum atomic E-state index is 13.0. The first-order valence-corrected chi connectivity index (χ1v) is 7.28. The number of benzene rings is 1. The smallest absolute Gasteiger partial charge is 0.407 e. The minimum atomic E-state index is -0.876. The third-order valence-electron chi connectivity index (χ3n) is 3.29.